The minimum Gasteiger partial charge on any atom is -0.444 e. The molecule has 1 fully saturated rings. The average Bonchev–Trinajstić information content (AvgIpc) is 2.67. The van der Waals surface area contributed by atoms with Gasteiger partial charge in [-0.2, -0.15) is 0 Å². The highest BCUT2D eigenvalue weighted by Crippen LogP contribution is 2.20. The van der Waals surface area contributed by atoms with Gasteiger partial charge in [-0.05, 0) is 52.2 Å². The molecule has 1 heterocycles. The predicted octanol–water partition coefficient (Wildman–Crippen LogP) is 4.17. The lowest BCUT2D eigenvalue weighted by molar-refractivity contribution is 0.0256. The zero-order chi connectivity index (χ0) is 17.0. The van der Waals surface area contributed by atoms with Crippen molar-refractivity contribution in [3.63, 3.8) is 0 Å². The van der Waals surface area contributed by atoms with Crippen molar-refractivity contribution < 1.29 is 18.3 Å². The standard InChI is InChI=1S/C17H24F2N2O2/c1-17(2,3)23-16(22)21-9-4-5-12(8-10-21)20-13-6-7-14(18)15(19)11-13/h6-7,11-12,20H,4-5,8-10H2,1-3H3. The molecule has 4 nitrogen and oxygen atoms in total. The Bertz CT molecular complexity index is 558. The Hall–Kier alpha value is -1.85. The molecule has 1 atom stereocenters. The highest BCUT2D eigenvalue weighted by atomic mass is 19.2. The molecule has 6 heteroatoms. The van der Waals surface area contributed by atoms with E-state index in [0.717, 1.165) is 31.4 Å². The van der Waals surface area contributed by atoms with E-state index in [2.05, 4.69) is 5.32 Å². The molecule has 128 valence electrons. The first kappa shape index (κ1) is 17.5. The smallest absolute Gasteiger partial charge is 0.410 e. The number of amides is 1. The number of halogens is 2. The summed E-state index contributed by atoms with van der Waals surface area (Å²) in [6.07, 6.45) is 2.13. The molecule has 0 saturated carbocycles. The summed E-state index contributed by atoms with van der Waals surface area (Å²) in [6, 6.07) is 3.91. The maximum absolute atomic E-state index is 13.3. The average molecular weight is 326 g/mol. The van der Waals surface area contributed by atoms with Crippen molar-refractivity contribution in [2.45, 2.75) is 51.7 Å². The summed E-state index contributed by atoms with van der Waals surface area (Å²) >= 11 is 0. The molecule has 1 unspecified atom stereocenters. The molecular weight excluding hydrogens is 302 g/mol. The van der Waals surface area contributed by atoms with E-state index < -0.39 is 17.2 Å². The quantitative estimate of drug-likeness (QED) is 0.887. The van der Waals surface area contributed by atoms with Crippen LogP contribution in [-0.4, -0.2) is 35.7 Å². The fourth-order valence-corrected chi connectivity index (χ4v) is 2.57. The SMILES string of the molecule is CC(C)(C)OC(=O)N1CCCC(Nc2ccc(F)c(F)c2)CC1. The molecule has 1 aliphatic heterocycles. The Kier molecular flexibility index (Phi) is 5.44. The van der Waals surface area contributed by atoms with Gasteiger partial charge >= 0.3 is 6.09 Å². The third-order valence-corrected chi connectivity index (χ3v) is 3.67. The van der Waals surface area contributed by atoms with Crippen molar-refractivity contribution in [1.29, 1.82) is 0 Å². The van der Waals surface area contributed by atoms with E-state index in [1.165, 1.54) is 6.07 Å². The molecule has 1 N–H and O–H groups in total. The molecule has 23 heavy (non-hydrogen) atoms. The molecule has 0 aliphatic carbocycles. The predicted molar refractivity (Wildman–Crippen MR) is 85.4 cm³/mol. The summed E-state index contributed by atoms with van der Waals surface area (Å²) in [7, 11) is 0. The van der Waals surface area contributed by atoms with E-state index in [-0.39, 0.29) is 12.1 Å². The van der Waals surface area contributed by atoms with Crippen molar-refractivity contribution in [2.24, 2.45) is 0 Å². The maximum atomic E-state index is 13.3. The van der Waals surface area contributed by atoms with E-state index in [0.29, 0.717) is 18.8 Å². The van der Waals surface area contributed by atoms with Gasteiger partial charge in [-0.3, -0.25) is 0 Å². The van der Waals surface area contributed by atoms with Gasteiger partial charge in [0.15, 0.2) is 11.6 Å². The Morgan fingerprint density at radius 1 is 1.22 bits per heavy atom. The Balaban J connectivity index is 1.90. The van der Waals surface area contributed by atoms with Crippen LogP contribution < -0.4 is 5.32 Å². The van der Waals surface area contributed by atoms with Gasteiger partial charge in [0.25, 0.3) is 0 Å². The number of rotatable bonds is 2. The van der Waals surface area contributed by atoms with Crippen molar-refractivity contribution in [1.82, 2.24) is 4.90 Å². The van der Waals surface area contributed by atoms with E-state index in [9.17, 15) is 13.6 Å². The molecule has 1 amide bonds. The number of ether oxygens (including phenoxy) is 1. The lowest BCUT2D eigenvalue weighted by Gasteiger charge is -2.26. The van der Waals surface area contributed by atoms with Crippen LogP contribution in [0, 0.1) is 11.6 Å². The Labute approximate surface area is 135 Å². The van der Waals surface area contributed by atoms with Gasteiger partial charge in [0.05, 0.1) is 0 Å². The number of hydrogen-bond donors (Lipinski definition) is 1. The molecule has 2 rings (SSSR count). The van der Waals surface area contributed by atoms with Gasteiger partial charge < -0.3 is 15.0 Å². The van der Waals surface area contributed by atoms with E-state index in [1.54, 1.807) is 4.90 Å². The van der Waals surface area contributed by atoms with Crippen LogP contribution >= 0.6 is 0 Å². The molecule has 0 radical (unpaired) electrons. The highest BCUT2D eigenvalue weighted by Gasteiger charge is 2.25. The third-order valence-electron chi connectivity index (χ3n) is 3.67. The Morgan fingerprint density at radius 2 is 1.96 bits per heavy atom. The number of nitrogens with one attached hydrogen (secondary N) is 1. The van der Waals surface area contributed by atoms with Gasteiger partial charge in [-0.25, -0.2) is 13.6 Å². The maximum Gasteiger partial charge on any atom is 0.410 e. The number of carbonyl (C=O) groups is 1. The van der Waals surface area contributed by atoms with Crippen LogP contribution in [0.1, 0.15) is 40.0 Å². The first-order valence-electron chi connectivity index (χ1n) is 7.94. The van der Waals surface area contributed by atoms with Crippen LogP contribution in [0.25, 0.3) is 0 Å². The molecule has 0 bridgehead atoms. The zero-order valence-corrected chi connectivity index (χ0v) is 13.9. The normalized spacial score (nSPS) is 19.2. The molecular formula is C17H24F2N2O2. The summed E-state index contributed by atoms with van der Waals surface area (Å²) in [6.45, 7) is 6.75. The fraction of sp³-hybridized carbons (Fsp3) is 0.588. The van der Waals surface area contributed by atoms with E-state index in [4.69, 9.17) is 4.74 Å². The third kappa shape index (κ3) is 5.37. The van der Waals surface area contributed by atoms with Crippen LogP contribution in [0.5, 0.6) is 0 Å². The van der Waals surface area contributed by atoms with Crippen LogP contribution in [0.3, 0.4) is 0 Å². The van der Waals surface area contributed by atoms with Crippen molar-refractivity contribution >= 4 is 11.8 Å². The van der Waals surface area contributed by atoms with E-state index in [1.807, 2.05) is 20.8 Å². The van der Waals surface area contributed by atoms with Crippen LogP contribution in [0.2, 0.25) is 0 Å². The number of likely N-dealkylation sites (tertiary alicyclic amines) is 1. The first-order chi connectivity index (χ1) is 10.7. The van der Waals surface area contributed by atoms with Gasteiger partial charge in [-0.15, -0.1) is 0 Å². The zero-order valence-electron chi connectivity index (χ0n) is 13.9. The summed E-state index contributed by atoms with van der Waals surface area (Å²) in [5, 5.41) is 3.21. The first-order valence-corrected chi connectivity index (χ1v) is 7.94. The van der Waals surface area contributed by atoms with Gasteiger partial charge in [-0.1, -0.05) is 0 Å². The number of carbonyl (C=O) groups excluding carboxylic acids is 1. The summed E-state index contributed by atoms with van der Waals surface area (Å²) < 4.78 is 31.6. The molecule has 1 saturated heterocycles. The van der Waals surface area contributed by atoms with Gasteiger partial charge in [0, 0.05) is 30.9 Å². The summed E-state index contributed by atoms with van der Waals surface area (Å²) in [5.41, 5.74) is 0.0479. The van der Waals surface area contributed by atoms with Crippen molar-refractivity contribution in [3.8, 4) is 0 Å². The van der Waals surface area contributed by atoms with Crippen LogP contribution in [-0.2, 0) is 4.74 Å². The van der Waals surface area contributed by atoms with E-state index >= 15 is 0 Å². The lowest BCUT2D eigenvalue weighted by Crippen LogP contribution is -2.37. The number of benzene rings is 1. The highest BCUT2D eigenvalue weighted by molar-refractivity contribution is 5.68. The summed E-state index contributed by atoms with van der Waals surface area (Å²) in [4.78, 5) is 13.8. The topological polar surface area (TPSA) is 41.6 Å². The van der Waals surface area contributed by atoms with Gasteiger partial charge in [0.2, 0.25) is 0 Å². The monoisotopic (exact) mass is 326 g/mol. The molecule has 1 aromatic rings. The minimum atomic E-state index is -0.862. The number of anilines is 1. The molecule has 0 spiro atoms. The molecule has 1 aliphatic rings. The fourth-order valence-electron chi connectivity index (χ4n) is 2.57. The lowest BCUT2D eigenvalue weighted by atomic mass is 10.1. The van der Waals surface area contributed by atoms with Crippen molar-refractivity contribution in [3.05, 3.63) is 29.8 Å². The Morgan fingerprint density at radius 3 is 2.61 bits per heavy atom. The largest absolute Gasteiger partial charge is 0.444 e. The van der Waals surface area contributed by atoms with Crippen molar-refractivity contribution in [2.75, 3.05) is 18.4 Å². The minimum absolute atomic E-state index is 0.118. The second-order valence-corrected chi connectivity index (χ2v) is 6.87. The van der Waals surface area contributed by atoms with Crippen LogP contribution in [0.15, 0.2) is 18.2 Å². The molecule has 0 aromatic heterocycles. The second kappa shape index (κ2) is 7.15. The number of nitrogens with zero attached hydrogens (tertiary/aromatic N) is 1. The summed E-state index contributed by atoms with van der Waals surface area (Å²) in [5.74, 6) is -1.72. The molecule has 1 aromatic carbocycles. The second-order valence-electron chi connectivity index (χ2n) is 6.87. The number of hydrogen-bond acceptors (Lipinski definition) is 3. The van der Waals surface area contributed by atoms with Crippen LogP contribution in [0.4, 0.5) is 19.3 Å². The van der Waals surface area contributed by atoms with Gasteiger partial charge in [0.1, 0.15) is 5.60 Å².